The number of rotatable bonds is 4. The number of hydrogen-bond acceptors (Lipinski definition) is 6. The number of benzene rings is 1. The second kappa shape index (κ2) is 7.66. The Bertz CT molecular complexity index is 1290. The van der Waals surface area contributed by atoms with Gasteiger partial charge in [-0.25, -0.2) is 9.97 Å². The molecule has 4 heterocycles. The molecule has 0 unspecified atom stereocenters. The van der Waals surface area contributed by atoms with Crippen LogP contribution in [0.4, 0.5) is 19.1 Å². The first-order chi connectivity index (χ1) is 16.3. The van der Waals surface area contributed by atoms with E-state index in [-0.39, 0.29) is 17.7 Å². The van der Waals surface area contributed by atoms with E-state index in [0.29, 0.717) is 29.8 Å². The van der Waals surface area contributed by atoms with Gasteiger partial charge in [0.1, 0.15) is 11.3 Å². The molecule has 34 heavy (non-hydrogen) atoms. The van der Waals surface area contributed by atoms with Gasteiger partial charge in [0.25, 0.3) is 0 Å². The van der Waals surface area contributed by atoms with Gasteiger partial charge in [0.15, 0.2) is 0 Å². The smallest absolute Gasteiger partial charge is 0.361 e. The van der Waals surface area contributed by atoms with Gasteiger partial charge in [-0.1, -0.05) is 29.4 Å². The zero-order chi connectivity index (χ0) is 23.6. The molecule has 3 atom stereocenters. The maximum Gasteiger partial charge on any atom is 0.419 e. The van der Waals surface area contributed by atoms with E-state index in [1.165, 1.54) is 0 Å². The van der Waals surface area contributed by atoms with Crippen molar-refractivity contribution in [1.82, 2.24) is 20.4 Å². The maximum absolute atomic E-state index is 13.9. The summed E-state index contributed by atoms with van der Waals surface area (Å²) in [4.78, 5) is 8.44. The Labute approximate surface area is 194 Å². The molecule has 0 saturated carbocycles. The van der Waals surface area contributed by atoms with Crippen LogP contribution in [0.15, 0.2) is 35.0 Å². The van der Waals surface area contributed by atoms with Gasteiger partial charge in [-0.15, -0.1) is 0 Å². The van der Waals surface area contributed by atoms with Crippen LogP contribution >= 0.6 is 0 Å². The molecule has 6 nitrogen and oxygen atoms in total. The Hall–Kier alpha value is -3.20. The fraction of sp³-hybridized carbons (Fsp3) is 0.400. The van der Waals surface area contributed by atoms with E-state index < -0.39 is 11.7 Å². The molecule has 1 aromatic carbocycles. The summed E-state index contributed by atoms with van der Waals surface area (Å²) in [7, 11) is 0. The summed E-state index contributed by atoms with van der Waals surface area (Å²) < 4.78 is 47.0. The summed E-state index contributed by atoms with van der Waals surface area (Å²) in [6.45, 7) is 3.72. The number of nitrogens with one attached hydrogen (secondary N) is 2. The third-order valence-electron chi connectivity index (χ3n) is 7.21. The Morgan fingerprint density at radius 2 is 2.03 bits per heavy atom. The van der Waals surface area contributed by atoms with Crippen molar-refractivity contribution >= 4 is 11.5 Å². The van der Waals surface area contributed by atoms with Gasteiger partial charge < -0.3 is 15.2 Å². The zero-order valence-electron chi connectivity index (χ0n) is 18.8. The predicted octanol–water partition coefficient (Wildman–Crippen LogP) is 5.06. The number of hydrogen-bond donors (Lipinski definition) is 2. The topological polar surface area (TPSA) is 75.9 Å². The Morgan fingerprint density at radius 1 is 1.18 bits per heavy atom. The van der Waals surface area contributed by atoms with Gasteiger partial charge in [0, 0.05) is 35.5 Å². The Kier molecular flexibility index (Phi) is 4.81. The van der Waals surface area contributed by atoms with Crippen molar-refractivity contribution in [3.8, 4) is 11.1 Å². The number of anilines is 1. The van der Waals surface area contributed by atoms with Crippen LogP contribution in [0.25, 0.3) is 16.7 Å². The van der Waals surface area contributed by atoms with E-state index in [2.05, 4.69) is 25.8 Å². The SMILES string of the molecule is Cc1noc(C)c1-c1ccc2c(c1)CC=C2c1nc(N[C@@H]2C[C@@H]3CC[C@H]2N3)ncc1C(F)(F)F. The van der Waals surface area contributed by atoms with Crippen molar-refractivity contribution in [2.45, 2.75) is 63.8 Å². The molecule has 0 spiro atoms. The highest BCUT2D eigenvalue weighted by Gasteiger charge is 2.40. The van der Waals surface area contributed by atoms with Crippen LogP contribution in [0.5, 0.6) is 0 Å². The average molecular weight is 467 g/mol. The predicted molar refractivity (Wildman–Crippen MR) is 121 cm³/mol. The molecule has 176 valence electrons. The van der Waals surface area contributed by atoms with Crippen molar-refractivity contribution in [1.29, 1.82) is 0 Å². The van der Waals surface area contributed by atoms with Crippen molar-refractivity contribution in [3.05, 3.63) is 64.3 Å². The highest BCUT2D eigenvalue weighted by atomic mass is 19.4. The monoisotopic (exact) mass is 467 g/mol. The Balaban J connectivity index is 1.36. The highest BCUT2D eigenvalue weighted by Crippen LogP contribution is 2.41. The van der Waals surface area contributed by atoms with E-state index in [1.807, 2.05) is 38.1 Å². The standard InChI is InChI=1S/C25H24F3N5O/c1-12-22(13(2)34-33-12)15-4-6-17-14(9-15)3-7-18(17)23-19(25(26,27)28)11-29-24(32-23)31-21-10-16-5-8-20(21)30-16/h4,6-7,9,11,16,20-21,30H,3,5,8,10H2,1-2H3,(H,29,31,32)/t16-,20+,21+/m0/s1. The maximum atomic E-state index is 13.9. The quantitative estimate of drug-likeness (QED) is 0.559. The molecule has 2 saturated heterocycles. The summed E-state index contributed by atoms with van der Waals surface area (Å²) in [5, 5.41) is 10.8. The summed E-state index contributed by atoms with van der Waals surface area (Å²) in [6.07, 6.45) is 1.83. The fourth-order valence-corrected chi connectivity index (χ4v) is 5.64. The summed E-state index contributed by atoms with van der Waals surface area (Å²) in [5.74, 6) is 0.952. The molecule has 2 aromatic heterocycles. The van der Waals surface area contributed by atoms with E-state index in [4.69, 9.17) is 4.52 Å². The van der Waals surface area contributed by atoms with E-state index in [1.54, 1.807) is 0 Å². The molecule has 9 heteroatoms. The normalized spacial score (nSPS) is 23.3. The van der Waals surface area contributed by atoms with Gasteiger partial charge in [-0.3, -0.25) is 0 Å². The van der Waals surface area contributed by atoms with Gasteiger partial charge in [-0.05, 0) is 56.2 Å². The number of fused-ring (bicyclic) bond motifs is 3. The van der Waals surface area contributed by atoms with Crippen molar-refractivity contribution in [2.24, 2.45) is 0 Å². The van der Waals surface area contributed by atoms with Crippen molar-refractivity contribution in [2.75, 3.05) is 5.32 Å². The minimum absolute atomic E-state index is 0.0787. The van der Waals surface area contributed by atoms with Crippen molar-refractivity contribution in [3.63, 3.8) is 0 Å². The molecule has 2 fully saturated rings. The third kappa shape index (κ3) is 3.50. The molecule has 3 aliphatic rings. The number of nitrogens with zero attached hydrogens (tertiary/aromatic N) is 3. The first-order valence-corrected chi connectivity index (χ1v) is 11.5. The van der Waals surface area contributed by atoms with Crippen LogP contribution in [0.3, 0.4) is 0 Å². The lowest BCUT2D eigenvalue weighted by Crippen LogP contribution is -2.34. The van der Waals surface area contributed by atoms with Crippen LogP contribution in [-0.4, -0.2) is 33.3 Å². The molecule has 0 radical (unpaired) electrons. The number of halogens is 3. The van der Waals surface area contributed by atoms with E-state index in [9.17, 15) is 13.2 Å². The first-order valence-electron chi connectivity index (χ1n) is 11.5. The minimum atomic E-state index is -4.55. The van der Waals surface area contributed by atoms with Crippen LogP contribution in [-0.2, 0) is 12.6 Å². The molecule has 2 aliphatic heterocycles. The zero-order valence-corrected chi connectivity index (χ0v) is 18.8. The lowest BCUT2D eigenvalue weighted by Gasteiger charge is -2.22. The van der Waals surface area contributed by atoms with E-state index in [0.717, 1.165) is 53.4 Å². The number of alkyl halides is 3. The lowest BCUT2D eigenvalue weighted by atomic mass is 9.95. The second-order valence-electron chi connectivity index (χ2n) is 9.38. The summed E-state index contributed by atoms with van der Waals surface area (Å²) >= 11 is 0. The molecule has 6 rings (SSSR count). The van der Waals surface area contributed by atoms with Crippen LogP contribution in [0.2, 0.25) is 0 Å². The summed E-state index contributed by atoms with van der Waals surface area (Å²) in [6, 6.07) is 6.68. The van der Waals surface area contributed by atoms with Crippen molar-refractivity contribution < 1.29 is 17.7 Å². The summed E-state index contributed by atoms with van der Waals surface area (Å²) in [5.41, 5.74) is 3.93. The van der Waals surface area contributed by atoms with Crippen LogP contribution in [0, 0.1) is 13.8 Å². The van der Waals surface area contributed by atoms with Gasteiger partial charge in [0.2, 0.25) is 5.95 Å². The van der Waals surface area contributed by atoms with Gasteiger partial charge >= 0.3 is 6.18 Å². The molecule has 2 N–H and O–H groups in total. The largest absolute Gasteiger partial charge is 0.419 e. The molecular formula is C25H24F3N5O. The Morgan fingerprint density at radius 3 is 2.71 bits per heavy atom. The third-order valence-corrected chi connectivity index (χ3v) is 7.21. The van der Waals surface area contributed by atoms with Crippen LogP contribution in [0.1, 0.15) is 53.1 Å². The molecule has 3 aromatic rings. The molecule has 2 bridgehead atoms. The van der Waals surface area contributed by atoms with Crippen LogP contribution < -0.4 is 10.6 Å². The number of aromatic nitrogens is 3. The second-order valence-corrected chi connectivity index (χ2v) is 9.38. The average Bonchev–Trinajstić information content (AvgIpc) is 3.57. The van der Waals surface area contributed by atoms with E-state index >= 15 is 0 Å². The fourth-order valence-electron chi connectivity index (χ4n) is 5.64. The number of allylic oxidation sites excluding steroid dienone is 1. The first kappa shape index (κ1) is 21.3. The van der Waals surface area contributed by atoms with Gasteiger partial charge in [-0.2, -0.15) is 13.2 Å². The molecule has 0 amide bonds. The molecule has 1 aliphatic carbocycles. The molecular weight excluding hydrogens is 443 g/mol. The number of aryl methyl sites for hydroxylation is 2. The minimum Gasteiger partial charge on any atom is -0.361 e. The highest BCUT2D eigenvalue weighted by molar-refractivity contribution is 5.86. The lowest BCUT2D eigenvalue weighted by molar-refractivity contribution is -0.138. The van der Waals surface area contributed by atoms with Gasteiger partial charge in [0.05, 0.1) is 11.4 Å².